The second kappa shape index (κ2) is 5.89. The molecule has 0 radical (unpaired) electrons. The minimum absolute atomic E-state index is 0.447. The van der Waals surface area contributed by atoms with E-state index in [1.165, 1.54) is 44.2 Å². The molecule has 19 heavy (non-hydrogen) atoms. The van der Waals surface area contributed by atoms with E-state index in [2.05, 4.69) is 16.9 Å². The zero-order valence-electron chi connectivity index (χ0n) is 11.7. The molecule has 3 heteroatoms. The summed E-state index contributed by atoms with van der Waals surface area (Å²) in [7, 11) is 0. The van der Waals surface area contributed by atoms with E-state index in [1.807, 2.05) is 0 Å². The first-order valence-corrected chi connectivity index (χ1v) is 7.87. The van der Waals surface area contributed by atoms with Crippen LogP contribution < -0.4 is 0 Å². The van der Waals surface area contributed by atoms with Crippen molar-refractivity contribution in [3.8, 4) is 0 Å². The minimum atomic E-state index is 0.447. The standard InChI is InChI=1S/C16H24N2O/c19-16-8-4-5-13(12-16)11-14-9-10-18(17-14)15-6-2-1-3-7-15/h9-10,13,15H,1-8,11-12H2. The molecule has 2 aliphatic carbocycles. The first-order chi connectivity index (χ1) is 9.31. The van der Waals surface area contributed by atoms with Crippen molar-refractivity contribution in [3.05, 3.63) is 18.0 Å². The number of carbonyl (C=O) groups is 1. The number of rotatable bonds is 3. The van der Waals surface area contributed by atoms with Gasteiger partial charge in [0.2, 0.25) is 0 Å². The van der Waals surface area contributed by atoms with Gasteiger partial charge in [0.05, 0.1) is 11.7 Å². The molecule has 0 N–H and O–H groups in total. The molecule has 0 aliphatic heterocycles. The second-order valence-electron chi connectivity index (χ2n) is 6.28. The van der Waals surface area contributed by atoms with Crippen LogP contribution in [0.4, 0.5) is 0 Å². The Morgan fingerprint density at radius 2 is 2.00 bits per heavy atom. The maximum absolute atomic E-state index is 11.5. The lowest BCUT2D eigenvalue weighted by atomic mass is 9.85. The summed E-state index contributed by atoms with van der Waals surface area (Å²) in [6.07, 6.45) is 13.6. The van der Waals surface area contributed by atoms with E-state index in [9.17, 15) is 4.79 Å². The van der Waals surface area contributed by atoms with Gasteiger partial charge in [-0.15, -0.1) is 0 Å². The van der Waals surface area contributed by atoms with Gasteiger partial charge in [-0.1, -0.05) is 19.3 Å². The number of aromatic nitrogens is 2. The van der Waals surface area contributed by atoms with Crippen molar-refractivity contribution in [2.45, 2.75) is 70.3 Å². The van der Waals surface area contributed by atoms with Crippen molar-refractivity contribution in [2.75, 3.05) is 0 Å². The second-order valence-corrected chi connectivity index (χ2v) is 6.28. The first kappa shape index (κ1) is 12.9. The van der Waals surface area contributed by atoms with Crippen molar-refractivity contribution in [3.63, 3.8) is 0 Å². The van der Waals surface area contributed by atoms with Crippen LogP contribution in [0.25, 0.3) is 0 Å². The normalized spacial score (nSPS) is 25.7. The van der Waals surface area contributed by atoms with Gasteiger partial charge in [-0.25, -0.2) is 0 Å². The predicted molar refractivity (Wildman–Crippen MR) is 75.0 cm³/mol. The van der Waals surface area contributed by atoms with Gasteiger partial charge in [0.15, 0.2) is 0 Å². The molecule has 3 nitrogen and oxygen atoms in total. The summed E-state index contributed by atoms with van der Waals surface area (Å²) in [5, 5.41) is 4.76. The van der Waals surface area contributed by atoms with Crippen LogP contribution in [-0.4, -0.2) is 15.6 Å². The Kier molecular flexibility index (Phi) is 4.00. The number of nitrogens with zero attached hydrogens (tertiary/aromatic N) is 2. The van der Waals surface area contributed by atoms with Gasteiger partial charge >= 0.3 is 0 Å². The summed E-state index contributed by atoms with van der Waals surface area (Å²) >= 11 is 0. The third kappa shape index (κ3) is 3.26. The molecular weight excluding hydrogens is 236 g/mol. The summed E-state index contributed by atoms with van der Waals surface area (Å²) in [4.78, 5) is 11.5. The molecule has 1 unspecified atom stereocenters. The van der Waals surface area contributed by atoms with Gasteiger partial charge in [-0.05, 0) is 44.1 Å². The third-order valence-electron chi connectivity index (χ3n) is 4.69. The number of carbonyl (C=O) groups excluding carboxylic acids is 1. The van der Waals surface area contributed by atoms with Crippen LogP contribution in [0.15, 0.2) is 12.3 Å². The van der Waals surface area contributed by atoms with Gasteiger partial charge < -0.3 is 0 Å². The van der Waals surface area contributed by atoms with Crippen molar-refractivity contribution >= 4 is 5.78 Å². The highest BCUT2D eigenvalue weighted by Gasteiger charge is 2.21. The highest BCUT2D eigenvalue weighted by Crippen LogP contribution is 2.28. The largest absolute Gasteiger partial charge is 0.300 e. The average molecular weight is 260 g/mol. The first-order valence-electron chi connectivity index (χ1n) is 7.87. The molecule has 0 aromatic carbocycles. The van der Waals surface area contributed by atoms with Crippen LogP contribution in [0.3, 0.4) is 0 Å². The van der Waals surface area contributed by atoms with E-state index >= 15 is 0 Å². The fraction of sp³-hybridized carbons (Fsp3) is 0.750. The topological polar surface area (TPSA) is 34.9 Å². The maximum Gasteiger partial charge on any atom is 0.133 e. The lowest BCUT2D eigenvalue weighted by molar-refractivity contribution is -0.121. The molecule has 3 rings (SSSR count). The summed E-state index contributed by atoms with van der Waals surface area (Å²) in [5.74, 6) is 0.985. The Morgan fingerprint density at radius 1 is 1.16 bits per heavy atom. The smallest absolute Gasteiger partial charge is 0.133 e. The average Bonchev–Trinajstić information content (AvgIpc) is 2.88. The molecule has 0 bridgehead atoms. The molecule has 0 spiro atoms. The van der Waals surface area contributed by atoms with Gasteiger partial charge in [-0.3, -0.25) is 9.48 Å². The lowest BCUT2D eigenvalue weighted by Gasteiger charge is -2.22. The molecule has 2 aliphatic rings. The molecule has 1 aromatic heterocycles. The highest BCUT2D eigenvalue weighted by molar-refractivity contribution is 5.79. The summed E-state index contributed by atoms with van der Waals surface area (Å²) in [6, 6.07) is 2.78. The van der Waals surface area contributed by atoms with Crippen LogP contribution in [0.5, 0.6) is 0 Å². The van der Waals surface area contributed by atoms with Crippen molar-refractivity contribution in [1.29, 1.82) is 0 Å². The molecule has 2 saturated carbocycles. The maximum atomic E-state index is 11.5. The Hall–Kier alpha value is -1.12. The van der Waals surface area contributed by atoms with E-state index in [4.69, 9.17) is 5.10 Å². The highest BCUT2D eigenvalue weighted by atomic mass is 16.1. The van der Waals surface area contributed by atoms with Crippen LogP contribution in [0.1, 0.15) is 69.5 Å². The van der Waals surface area contributed by atoms with E-state index in [1.54, 1.807) is 0 Å². The zero-order chi connectivity index (χ0) is 13.1. The van der Waals surface area contributed by atoms with Gasteiger partial charge in [0.25, 0.3) is 0 Å². The predicted octanol–water partition coefficient (Wildman–Crippen LogP) is 3.69. The molecular formula is C16H24N2O. The Labute approximate surface area is 115 Å². The summed E-state index contributed by atoms with van der Waals surface area (Å²) < 4.78 is 2.18. The molecule has 1 atom stereocenters. The number of hydrogen-bond acceptors (Lipinski definition) is 2. The Bertz CT molecular complexity index is 432. The third-order valence-corrected chi connectivity index (χ3v) is 4.69. The van der Waals surface area contributed by atoms with Gasteiger partial charge in [0.1, 0.15) is 5.78 Å². The number of Topliss-reactive ketones (excluding diaryl/α,β-unsaturated/α-hetero) is 1. The minimum Gasteiger partial charge on any atom is -0.300 e. The van der Waals surface area contributed by atoms with Crippen LogP contribution in [0.2, 0.25) is 0 Å². The fourth-order valence-corrected chi connectivity index (χ4v) is 3.62. The number of ketones is 1. The molecule has 0 saturated heterocycles. The monoisotopic (exact) mass is 260 g/mol. The molecule has 1 heterocycles. The van der Waals surface area contributed by atoms with E-state index in [0.717, 1.165) is 25.7 Å². The zero-order valence-corrected chi connectivity index (χ0v) is 11.7. The summed E-state index contributed by atoms with van der Waals surface area (Å²) in [5.41, 5.74) is 1.19. The number of hydrogen-bond donors (Lipinski definition) is 0. The molecule has 104 valence electrons. The van der Waals surface area contributed by atoms with E-state index in [-0.39, 0.29) is 0 Å². The van der Waals surface area contributed by atoms with Crippen molar-refractivity contribution in [2.24, 2.45) is 5.92 Å². The van der Waals surface area contributed by atoms with Gasteiger partial charge in [-0.2, -0.15) is 5.10 Å². The Morgan fingerprint density at radius 3 is 2.79 bits per heavy atom. The SMILES string of the molecule is O=C1CCCC(Cc2ccn(C3CCCCC3)n2)C1. The fourth-order valence-electron chi connectivity index (χ4n) is 3.62. The van der Waals surface area contributed by atoms with E-state index in [0.29, 0.717) is 17.7 Å². The van der Waals surface area contributed by atoms with E-state index < -0.39 is 0 Å². The van der Waals surface area contributed by atoms with Crippen LogP contribution in [-0.2, 0) is 11.2 Å². The lowest BCUT2D eigenvalue weighted by Crippen LogP contribution is -2.18. The summed E-state index contributed by atoms with van der Waals surface area (Å²) in [6.45, 7) is 0. The van der Waals surface area contributed by atoms with Crippen LogP contribution >= 0.6 is 0 Å². The Balaban J connectivity index is 1.59. The van der Waals surface area contributed by atoms with Crippen LogP contribution in [0, 0.1) is 5.92 Å². The molecule has 1 aromatic rings. The molecule has 0 amide bonds. The van der Waals surface area contributed by atoms with Gasteiger partial charge in [0, 0.05) is 19.0 Å². The van der Waals surface area contributed by atoms with Crippen molar-refractivity contribution in [1.82, 2.24) is 9.78 Å². The quantitative estimate of drug-likeness (QED) is 0.830. The molecule has 2 fully saturated rings. The van der Waals surface area contributed by atoms with Crippen molar-refractivity contribution < 1.29 is 4.79 Å².